The molecule has 0 aliphatic rings. The third-order valence-electron chi connectivity index (χ3n) is 3.59. The largest absolute Gasteiger partial charge is 0.481 e. The molecule has 12 nitrogen and oxygen atoms in total. The average Bonchev–Trinajstić information content (AvgIpc) is 2.60. The molecule has 0 bridgehead atoms. The fourth-order valence-electron chi connectivity index (χ4n) is 2.11. The minimum Gasteiger partial charge on any atom is -0.481 e. The van der Waals surface area contributed by atoms with E-state index < -0.39 is 60.9 Å². The summed E-state index contributed by atoms with van der Waals surface area (Å²) in [5, 5.41) is 33.5. The van der Waals surface area contributed by atoms with Gasteiger partial charge in [-0.25, -0.2) is 4.79 Å². The van der Waals surface area contributed by atoms with E-state index in [1.54, 1.807) is 13.8 Å². The number of hydrogen-bond donors (Lipinski definition) is 7. The van der Waals surface area contributed by atoms with E-state index in [-0.39, 0.29) is 25.2 Å². The van der Waals surface area contributed by atoms with Gasteiger partial charge in [0.2, 0.25) is 17.7 Å². The summed E-state index contributed by atoms with van der Waals surface area (Å²) in [4.78, 5) is 57.2. The topological polar surface area (TPSA) is 208 Å². The van der Waals surface area contributed by atoms with Crippen LogP contribution in [0, 0.1) is 5.92 Å². The van der Waals surface area contributed by atoms with Crippen molar-refractivity contribution in [2.24, 2.45) is 11.7 Å². The molecule has 160 valence electrons. The number of aliphatic hydroxyl groups excluding tert-OH is 1. The van der Waals surface area contributed by atoms with E-state index in [2.05, 4.69) is 16.0 Å². The number of aliphatic carboxylic acids is 2. The van der Waals surface area contributed by atoms with Crippen LogP contribution in [0.25, 0.3) is 0 Å². The molecule has 8 N–H and O–H groups in total. The smallest absolute Gasteiger partial charge is 0.326 e. The van der Waals surface area contributed by atoms with Gasteiger partial charge < -0.3 is 37.0 Å². The Labute approximate surface area is 161 Å². The molecule has 0 spiro atoms. The van der Waals surface area contributed by atoms with Crippen LogP contribution in [0.4, 0.5) is 0 Å². The second-order valence-corrected chi connectivity index (χ2v) is 6.59. The van der Waals surface area contributed by atoms with Crippen LogP contribution in [-0.2, 0) is 24.0 Å². The zero-order valence-corrected chi connectivity index (χ0v) is 15.8. The van der Waals surface area contributed by atoms with E-state index in [0.717, 1.165) is 0 Å². The molecule has 3 unspecified atom stereocenters. The van der Waals surface area contributed by atoms with Gasteiger partial charge in [0, 0.05) is 6.42 Å². The first-order valence-corrected chi connectivity index (χ1v) is 8.66. The van der Waals surface area contributed by atoms with Gasteiger partial charge in [-0.1, -0.05) is 13.8 Å². The van der Waals surface area contributed by atoms with Gasteiger partial charge in [-0.3, -0.25) is 19.2 Å². The zero-order valence-electron chi connectivity index (χ0n) is 15.8. The van der Waals surface area contributed by atoms with Crippen LogP contribution in [0.2, 0.25) is 0 Å². The molecule has 0 rings (SSSR count). The van der Waals surface area contributed by atoms with Crippen LogP contribution in [0.15, 0.2) is 0 Å². The molecule has 0 aliphatic carbocycles. The molecule has 0 saturated heterocycles. The van der Waals surface area contributed by atoms with Crippen molar-refractivity contribution in [1.82, 2.24) is 16.0 Å². The number of carbonyl (C=O) groups is 5. The van der Waals surface area contributed by atoms with E-state index >= 15 is 0 Å². The van der Waals surface area contributed by atoms with Gasteiger partial charge >= 0.3 is 11.9 Å². The standard InChI is InChI=1S/C16H28N4O8/c1-8(2)5-10(16(27)28)20-15(26)11(7-21)19-12(22)6-18-14(25)9(17)3-4-13(23)24/h8-11,21H,3-7,17H2,1-2H3,(H,18,25)(H,19,22)(H,20,26)(H,23,24)(H,27,28). The van der Waals surface area contributed by atoms with Crippen molar-refractivity contribution >= 4 is 29.7 Å². The molecule has 3 atom stereocenters. The Hall–Kier alpha value is -2.73. The molecule has 0 fully saturated rings. The Balaban J connectivity index is 4.57. The molecule has 0 radical (unpaired) electrons. The monoisotopic (exact) mass is 404 g/mol. The van der Waals surface area contributed by atoms with Gasteiger partial charge in [-0.05, 0) is 18.8 Å². The number of nitrogens with one attached hydrogen (secondary N) is 3. The fraction of sp³-hybridized carbons (Fsp3) is 0.688. The lowest BCUT2D eigenvalue weighted by atomic mass is 10.0. The van der Waals surface area contributed by atoms with Crippen molar-refractivity contribution in [3.8, 4) is 0 Å². The molecule has 3 amide bonds. The zero-order chi connectivity index (χ0) is 21.9. The highest BCUT2D eigenvalue weighted by Crippen LogP contribution is 2.05. The predicted molar refractivity (Wildman–Crippen MR) is 95.9 cm³/mol. The van der Waals surface area contributed by atoms with Crippen molar-refractivity contribution in [3.63, 3.8) is 0 Å². The fourth-order valence-corrected chi connectivity index (χ4v) is 2.11. The first-order chi connectivity index (χ1) is 13.0. The normalized spacial score (nSPS) is 13.9. The van der Waals surface area contributed by atoms with Gasteiger partial charge in [0.05, 0.1) is 19.2 Å². The molecule has 0 saturated carbocycles. The van der Waals surface area contributed by atoms with Crippen LogP contribution >= 0.6 is 0 Å². The van der Waals surface area contributed by atoms with Crippen LogP contribution < -0.4 is 21.7 Å². The van der Waals surface area contributed by atoms with E-state index in [0.29, 0.717) is 0 Å². The maximum absolute atomic E-state index is 12.1. The summed E-state index contributed by atoms with van der Waals surface area (Å²) >= 11 is 0. The van der Waals surface area contributed by atoms with Gasteiger partial charge in [0.15, 0.2) is 0 Å². The Bertz CT molecular complexity index is 581. The van der Waals surface area contributed by atoms with Crippen molar-refractivity contribution in [2.75, 3.05) is 13.2 Å². The number of hydrogen-bond acceptors (Lipinski definition) is 7. The maximum atomic E-state index is 12.1. The van der Waals surface area contributed by atoms with Crippen molar-refractivity contribution in [1.29, 1.82) is 0 Å². The highest BCUT2D eigenvalue weighted by molar-refractivity contribution is 5.92. The number of carboxylic acid groups (broad SMARTS) is 2. The quantitative estimate of drug-likeness (QED) is 0.171. The lowest BCUT2D eigenvalue weighted by Gasteiger charge is -2.21. The number of rotatable bonds is 13. The molecule has 0 aromatic carbocycles. The predicted octanol–water partition coefficient (Wildman–Crippen LogP) is -2.61. The first kappa shape index (κ1) is 25.3. The minimum atomic E-state index is -1.40. The van der Waals surface area contributed by atoms with E-state index in [1.165, 1.54) is 0 Å². The summed E-state index contributed by atoms with van der Waals surface area (Å²) < 4.78 is 0. The van der Waals surface area contributed by atoms with E-state index in [1.807, 2.05) is 0 Å². The van der Waals surface area contributed by atoms with Gasteiger partial charge in [0.1, 0.15) is 12.1 Å². The molecule has 0 heterocycles. The summed E-state index contributed by atoms with van der Waals surface area (Å²) in [7, 11) is 0. The summed E-state index contributed by atoms with van der Waals surface area (Å²) in [6, 6.07) is -3.70. The van der Waals surface area contributed by atoms with Crippen molar-refractivity contribution in [3.05, 3.63) is 0 Å². The molecule has 28 heavy (non-hydrogen) atoms. The van der Waals surface area contributed by atoms with Crippen LogP contribution in [-0.4, -0.2) is 76.3 Å². The number of aliphatic hydroxyl groups is 1. The second kappa shape index (κ2) is 12.6. The summed E-state index contributed by atoms with van der Waals surface area (Å²) in [5.74, 6) is -4.81. The Morgan fingerprint density at radius 3 is 2.04 bits per heavy atom. The molecule has 0 aromatic rings. The Morgan fingerprint density at radius 1 is 0.964 bits per heavy atom. The third kappa shape index (κ3) is 10.4. The molecular weight excluding hydrogens is 376 g/mol. The van der Waals surface area contributed by atoms with E-state index in [9.17, 15) is 29.1 Å². The second-order valence-electron chi connectivity index (χ2n) is 6.59. The number of nitrogens with two attached hydrogens (primary N) is 1. The Morgan fingerprint density at radius 2 is 1.57 bits per heavy atom. The molecule has 0 aliphatic heterocycles. The average molecular weight is 404 g/mol. The lowest BCUT2D eigenvalue weighted by molar-refractivity contribution is -0.143. The number of carboxylic acids is 2. The SMILES string of the molecule is CC(C)CC(NC(=O)C(CO)NC(=O)CNC(=O)C(N)CCC(=O)O)C(=O)O. The molecule has 12 heteroatoms. The summed E-state index contributed by atoms with van der Waals surface area (Å²) in [6.07, 6.45) is -0.261. The lowest BCUT2D eigenvalue weighted by Crippen LogP contribution is -2.55. The Kier molecular flexibility index (Phi) is 11.4. The number of amides is 3. The first-order valence-electron chi connectivity index (χ1n) is 8.66. The molecule has 0 aromatic heterocycles. The third-order valence-corrected chi connectivity index (χ3v) is 3.59. The van der Waals surface area contributed by atoms with E-state index in [4.69, 9.17) is 15.9 Å². The van der Waals surface area contributed by atoms with Crippen LogP contribution in [0.5, 0.6) is 0 Å². The minimum absolute atomic E-state index is 0.0101. The maximum Gasteiger partial charge on any atom is 0.326 e. The highest BCUT2D eigenvalue weighted by atomic mass is 16.4. The van der Waals surface area contributed by atoms with Gasteiger partial charge in [-0.15, -0.1) is 0 Å². The summed E-state index contributed by atoms with van der Waals surface area (Å²) in [5.41, 5.74) is 5.48. The van der Waals surface area contributed by atoms with Gasteiger partial charge in [0.25, 0.3) is 0 Å². The van der Waals surface area contributed by atoms with Crippen molar-refractivity contribution in [2.45, 2.75) is 51.2 Å². The highest BCUT2D eigenvalue weighted by Gasteiger charge is 2.27. The molecular formula is C16H28N4O8. The van der Waals surface area contributed by atoms with Gasteiger partial charge in [-0.2, -0.15) is 0 Å². The van der Waals surface area contributed by atoms with Crippen LogP contribution in [0.1, 0.15) is 33.1 Å². The van der Waals surface area contributed by atoms with Crippen LogP contribution in [0.3, 0.4) is 0 Å². The van der Waals surface area contributed by atoms with Crippen molar-refractivity contribution < 1.29 is 39.3 Å². The number of carbonyl (C=O) groups excluding carboxylic acids is 3. The summed E-state index contributed by atoms with van der Waals surface area (Å²) in [6.45, 7) is 2.21.